The molecule has 6 nitrogen and oxygen atoms in total. The average Bonchev–Trinajstić information content (AvgIpc) is 2.83. The van der Waals surface area contributed by atoms with E-state index in [1.165, 1.54) is 6.33 Å². The van der Waals surface area contributed by atoms with E-state index in [4.69, 9.17) is 14.2 Å². The van der Waals surface area contributed by atoms with Crippen LogP contribution in [0.25, 0.3) is 10.9 Å². The van der Waals surface area contributed by atoms with Crippen molar-refractivity contribution in [1.82, 2.24) is 9.97 Å². The van der Waals surface area contributed by atoms with E-state index in [0.29, 0.717) is 22.8 Å². The molecule has 0 radical (unpaired) electrons. The molecule has 0 aliphatic carbocycles. The first-order valence-electron chi connectivity index (χ1n) is 9.83. The summed E-state index contributed by atoms with van der Waals surface area (Å²) >= 11 is 0. The lowest BCUT2D eigenvalue weighted by Gasteiger charge is -2.19. The SMILES string of the molecule is COc1ccc(C(C(=O)OCc2ccccc2)c2ncnc3ccccc23)cc1OC.Cl. The van der Waals surface area contributed by atoms with Gasteiger partial charge in [-0.05, 0) is 29.3 Å². The van der Waals surface area contributed by atoms with Crippen LogP contribution in [0, 0.1) is 0 Å². The third-order valence-electron chi connectivity index (χ3n) is 5.05. The molecule has 0 spiro atoms. The number of carbonyl (C=O) groups excluding carboxylic acids is 1. The van der Waals surface area contributed by atoms with E-state index in [0.717, 1.165) is 16.5 Å². The molecule has 0 saturated carbocycles. The molecule has 1 unspecified atom stereocenters. The van der Waals surface area contributed by atoms with E-state index >= 15 is 0 Å². The van der Waals surface area contributed by atoms with Gasteiger partial charge in [0.25, 0.3) is 0 Å². The average molecular weight is 451 g/mol. The molecule has 0 bridgehead atoms. The van der Waals surface area contributed by atoms with Crippen LogP contribution < -0.4 is 9.47 Å². The first-order valence-corrected chi connectivity index (χ1v) is 9.83. The molecule has 7 heteroatoms. The number of rotatable bonds is 7. The van der Waals surface area contributed by atoms with Gasteiger partial charge in [0.1, 0.15) is 18.9 Å². The van der Waals surface area contributed by atoms with Gasteiger partial charge in [-0.1, -0.05) is 54.6 Å². The van der Waals surface area contributed by atoms with Crippen molar-refractivity contribution in [1.29, 1.82) is 0 Å². The van der Waals surface area contributed by atoms with Gasteiger partial charge in [0.05, 0.1) is 25.4 Å². The first kappa shape index (κ1) is 23.0. The molecule has 1 atom stereocenters. The molecular formula is C25H23ClN2O4. The molecule has 32 heavy (non-hydrogen) atoms. The molecule has 4 rings (SSSR count). The number of benzene rings is 3. The van der Waals surface area contributed by atoms with Crippen LogP contribution in [0.3, 0.4) is 0 Å². The zero-order chi connectivity index (χ0) is 21.6. The lowest BCUT2D eigenvalue weighted by Crippen LogP contribution is -2.19. The number of methoxy groups -OCH3 is 2. The highest BCUT2D eigenvalue weighted by Gasteiger charge is 2.29. The Labute approximate surface area is 192 Å². The van der Waals surface area contributed by atoms with Crippen molar-refractivity contribution in [2.24, 2.45) is 0 Å². The third-order valence-corrected chi connectivity index (χ3v) is 5.05. The maximum Gasteiger partial charge on any atom is 0.319 e. The number of fused-ring (bicyclic) bond motifs is 1. The number of hydrogen-bond acceptors (Lipinski definition) is 6. The zero-order valence-electron chi connectivity index (χ0n) is 17.7. The highest BCUT2D eigenvalue weighted by molar-refractivity contribution is 5.90. The number of ether oxygens (including phenoxy) is 3. The summed E-state index contributed by atoms with van der Waals surface area (Å²) in [5, 5.41) is 0.793. The second kappa shape index (κ2) is 10.6. The number of esters is 1. The summed E-state index contributed by atoms with van der Waals surface area (Å²) in [5.74, 6) is -0.0502. The predicted octanol–water partition coefficient (Wildman–Crippen LogP) is 4.94. The molecule has 1 aromatic heterocycles. The van der Waals surface area contributed by atoms with E-state index in [1.807, 2.05) is 60.7 Å². The molecule has 0 amide bonds. The van der Waals surface area contributed by atoms with Crippen molar-refractivity contribution in [2.75, 3.05) is 14.2 Å². The van der Waals surface area contributed by atoms with Gasteiger partial charge in [-0.2, -0.15) is 0 Å². The number of halogens is 1. The van der Waals surface area contributed by atoms with Crippen molar-refractivity contribution in [3.05, 3.63) is 95.9 Å². The van der Waals surface area contributed by atoms with E-state index in [9.17, 15) is 4.79 Å². The van der Waals surface area contributed by atoms with Gasteiger partial charge in [-0.25, -0.2) is 9.97 Å². The van der Waals surface area contributed by atoms with Gasteiger partial charge >= 0.3 is 5.97 Å². The summed E-state index contributed by atoms with van der Waals surface area (Å²) in [5.41, 5.74) is 2.94. The van der Waals surface area contributed by atoms with Crippen molar-refractivity contribution in [2.45, 2.75) is 12.5 Å². The fourth-order valence-corrected chi connectivity index (χ4v) is 3.51. The van der Waals surface area contributed by atoms with E-state index < -0.39 is 11.9 Å². The maximum absolute atomic E-state index is 13.4. The fraction of sp³-hybridized carbons (Fsp3) is 0.160. The van der Waals surface area contributed by atoms with Gasteiger partial charge in [0, 0.05) is 5.39 Å². The Morgan fingerprint density at radius 1 is 0.875 bits per heavy atom. The molecule has 0 saturated heterocycles. The Hall–Kier alpha value is -3.64. The minimum Gasteiger partial charge on any atom is -0.493 e. The molecule has 1 heterocycles. The largest absolute Gasteiger partial charge is 0.493 e. The van der Waals surface area contributed by atoms with Gasteiger partial charge in [-0.3, -0.25) is 4.79 Å². The molecule has 0 aliphatic rings. The number of hydrogen-bond donors (Lipinski definition) is 0. The van der Waals surface area contributed by atoms with Crippen molar-refractivity contribution in [3.63, 3.8) is 0 Å². The molecule has 4 aromatic rings. The van der Waals surface area contributed by atoms with Crippen LogP contribution in [0.15, 0.2) is 79.1 Å². The standard InChI is InChI=1S/C25H22N2O4.ClH/c1-29-21-13-12-18(14-22(21)30-2)23(25(28)31-15-17-8-4-3-5-9-17)24-19-10-6-7-11-20(19)26-16-27-24;/h3-14,16,23H,15H2,1-2H3;1H. The zero-order valence-corrected chi connectivity index (χ0v) is 18.5. The van der Waals surface area contributed by atoms with Gasteiger partial charge in [-0.15, -0.1) is 12.4 Å². The van der Waals surface area contributed by atoms with Crippen molar-refractivity contribution >= 4 is 29.3 Å². The Kier molecular flexibility index (Phi) is 7.63. The third kappa shape index (κ3) is 4.81. The monoisotopic (exact) mass is 450 g/mol. The summed E-state index contributed by atoms with van der Waals surface area (Å²) in [6.45, 7) is 0.173. The van der Waals surface area contributed by atoms with Crippen LogP contribution in [-0.4, -0.2) is 30.2 Å². The van der Waals surface area contributed by atoms with Crippen LogP contribution in [0.2, 0.25) is 0 Å². The van der Waals surface area contributed by atoms with Crippen LogP contribution in [0.4, 0.5) is 0 Å². The predicted molar refractivity (Wildman–Crippen MR) is 124 cm³/mol. The lowest BCUT2D eigenvalue weighted by atomic mass is 9.92. The second-order valence-electron chi connectivity index (χ2n) is 6.92. The normalized spacial score (nSPS) is 11.3. The minimum absolute atomic E-state index is 0. The Morgan fingerprint density at radius 3 is 2.34 bits per heavy atom. The van der Waals surface area contributed by atoms with Gasteiger partial charge in [0.2, 0.25) is 0 Å². The van der Waals surface area contributed by atoms with Crippen LogP contribution in [0.1, 0.15) is 22.7 Å². The summed E-state index contributed by atoms with van der Waals surface area (Å²) in [6.07, 6.45) is 1.47. The van der Waals surface area contributed by atoms with Crippen LogP contribution >= 0.6 is 12.4 Å². The van der Waals surface area contributed by atoms with Crippen molar-refractivity contribution in [3.8, 4) is 11.5 Å². The number of carbonyl (C=O) groups is 1. The Morgan fingerprint density at radius 2 is 1.59 bits per heavy atom. The molecule has 0 aliphatic heterocycles. The summed E-state index contributed by atoms with van der Waals surface area (Å²) in [7, 11) is 3.13. The highest BCUT2D eigenvalue weighted by Crippen LogP contribution is 2.35. The lowest BCUT2D eigenvalue weighted by molar-refractivity contribution is -0.145. The summed E-state index contributed by atoms with van der Waals surface area (Å²) < 4.78 is 16.5. The number of aromatic nitrogens is 2. The number of nitrogens with zero attached hydrogens (tertiary/aromatic N) is 2. The van der Waals surface area contributed by atoms with Crippen LogP contribution in [-0.2, 0) is 16.1 Å². The fourth-order valence-electron chi connectivity index (χ4n) is 3.51. The molecule has 0 N–H and O–H groups in total. The number of para-hydroxylation sites is 1. The molecule has 0 fully saturated rings. The maximum atomic E-state index is 13.4. The smallest absolute Gasteiger partial charge is 0.319 e. The van der Waals surface area contributed by atoms with E-state index in [-0.39, 0.29) is 19.0 Å². The van der Waals surface area contributed by atoms with E-state index in [1.54, 1.807) is 26.4 Å². The quantitative estimate of drug-likeness (QED) is 0.371. The molecule has 3 aromatic carbocycles. The summed E-state index contributed by atoms with van der Waals surface area (Å²) in [4.78, 5) is 22.2. The topological polar surface area (TPSA) is 70.5 Å². The molecule has 164 valence electrons. The van der Waals surface area contributed by atoms with Crippen molar-refractivity contribution < 1.29 is 19.0 Å². The Bertz CT molecular complexity index is 1200. The van der Waals surface area contributed by atoms with Crippen LogP contribution in [0.5, 0.6) is 11.5 Å². The second-order valence-corrected chi connectivity index (χ2v) is 6.92. The Balaban J connectivity index is 0.00000289. The van der Waals surface area contributed by atoms with Gasteiger partial charge in [0.15, 0.2) is 11.5 Å². The first-order chi connectivity index (χ1) is 15.2. The minimum atomic E-state index is -0.753. The summed E-state index contributed by atoms with van der Waals surface area (Å²) in [6, 6.07) is 22.5. The van der Waals surface area contributed by atoms with E-state index in [2.05, 4.69) is 9.97 Å². The van der Waals surface area contributed by atoms with Gasteiger partial charge < -0.3 is 14.2 Å². The molecular weight excluding hydrogens is 428 g/mol. The highest BCUT2D eigenvalue weighted by atomic mass is 35.5.